The van der Waals surface area contributed by atoms with Crippen LogP contribution in [0.5, 0.6) is 5.19 Å². The third kappa shape index (κ3) is 2.48. The zero-order valence-corrected chi connectivity index (χ0v) is 11.0. The van der Waals surface area contributed by atoms with Crippen LogP contribution in [0, 0.1) is 13.8 Å². The van der Waals surface area contributed by atoms with Gasteiger partial charge in [0.05, 0.1) is 24.3 Å². The molecule has 17 heavy (non-hydrogen) atoms. The fourth-order valence-corrected chi connectivity index (χ4v) is 2.62. The molecule has 4 heteroatoms. The van der Waals surface area contributed by atoms with Gasteiger partial charge in [-0.25, -0.2) is 4.98 Å². The van der Waals surface area contributed by atoms with Crippen molar-refractivity contribution in [2.75, 3.05) is 7.11 Å². The van der Waals surface area contributed by atoms with Crippen LogP contribution < -0.4 is 4.74 Å². The molecule has 0 spiro atoms. The first kappa shape index (κ1) is 12.1. The second-order valence-corrected chi connectivity index (χ2v) is 5.04. The molecule has 0 radical (unpaired) electrons. The monoisotopic (exact) mass is 249 g/mol. The highest BCUT2D eigenvalue weighted by atomic mass is 32.1. The minimum absolute atomic E-state index is 0.0106. The molecule has 0 aliphatic rings. The quantitative estimate of drug-likeness (QED) is 0.909. The number of aliphatic hydroxyl groups is 1. The number of methoxy groups -OCH3 is 1. The van der Waals surface area contributed by atoms with Gasteiger partial charge in [-0.3, -0.25) is 0 Å². The third-order valence-corrected chi connectivity index (χ3v) is 3.49. The van der Waals surface area contributed by atoms with Crippen LogP contribution >= 0.6 is 11.3 Å². The Kier molecular flexibility index (Phi) is 3.45. The Bertz CT molecular complexity index is 514. The van der Waals surface area contributed by atoms with Gasteiger partial charge in [-0.2, -0.15) is 0 Å². The van der Waals surface area contributed by atoms with Crippen LogP contribution in [0.15, 0.2) is 18.2 Å². The van der Waals surface area contributed by atoms with E-state index in [1.54, 1.807) is 7.11 Å². The molecule has 90 valence electrons. The number of ether oxygens (including phenoxy) is 1. The van der Waals surface area contributed by atoms with Crippen molar-refractivity contribution in [1.29, 1.82) is 0 Å². The van der Waals surface area contributed by atoms with Crippen molar-refractivity contribution in [3.63, 3.8) is 0 Å². The molecule has 0 unspecified atom stereocenters. The summed E-state index contributed by atoms with van der Waals surface area (Å²) < 4.78 is 5.12. The number of rotatable bonds is 3. The van der Waals surface area contributed by atoms with Crippen molar-refractivity contribution in [3.05, 3.63) is 34.2 Å². The van der Waals surface area contributed by atoms with Gasteiger partial charge in [-0.05, 0) is 26.0 Å². The van der Waals surface area contributed by atoms with E-state index >= 15 is 0 Å². The Morgan fingerprint density at radius 3 is 2.41 bits per heavy atom. The zero-order valence-electron chi connectivity index (χ0n) is 10.2. The van der Waals surface area contributed by atoms with Crippen LogP contribution in [0.4, 0.5) is 0 Å². The highest BCUT2D eigenvalue weighted by Crippen LogP contribution is 2.33. The van der Waals surface area contributed by atoms with Gasteiger partial charge in [0.25, 0.3) is 5.19 Å². The van der Waals surface area contributed by atoms with Crippen molar-refractivity contribution < 1.29 is 9.84 Å². The summed E-state index contributed by atoms with van der Waals surface area (Å²) >= 11 is 1.38. The predicted octanol–water partition coefficient (Wildman–Crippen LogP) is 2.93. The van der Waals surface area contributed by atoms with Gasteiger partial charge in [-0.1, -0.05) is 28.5 Å². The van der Waals surface area contributed by atoms with E-state index in [1.807, 2.05) is 0 Å². The summed E-state index contributed by atoms with van der Waals surface area (Å²) in [5.74, 6) is 0. The maximum absolute atomic E-state index is 9.34. The predicted molar refractivity (Wildman–Crippen MR) is 69.5 cm³/mol. The number of aliphatic hydroxyl groups excluding tert-OH is 1. The van der Waals surface area contributed by atoms with Crippen molar-refractivity contribution in [1.82, 2.24) is 4.98 Å². The van der Waals surface area contributed by atoms with E-state index in [-0.39, 0.29) is 6.61 Å². The largest absolute Gasteiger partial charge is 0.473 e. The summed E-state index contributed by atoms with van der Waals surface area (Å²) in [6, 6.07) is 6.26. The van der Waals surface area contributed by atoms with E-state index in [0.717, 1.165) is 16.1 Å². The van der Waals surface area contributed by atoms with Crippen LogP contribution in [-0.2, 0) is 6.61 Å². The standard InChI is InChI=1S/C13H15NO2S/c1-8-4-9(2)6-10(5-8)12-11(7-15)17-13(14-12)16-3/h4-6,15H,7H2,1-3H3. The van der Waals surface area contributed by atoms with E-state index in [4.69, 9.17) is 4.74 Å². The molecule has 3 nitrogen and oxygen atoms in total. The molecule has 0 bridgehead atoms. The summed E-state index contributed by atoms with van der Waals surface area (Å²) in [6.07, 6.45) is 0. The summed E-state index contributed by atoms with van der Waals surface area (Å²) in [5, 5.41) is 9.93. The van der Waals surface area contributed by atoms with Crippen LogP contribution in [-0.4, -0.2) is 17.2 Å². The van der Waals surface area contributed by atoms with E-state index in [1.165, 1.54) is 22.5 Å². The first-order valence-electron chi connectivity index (χ1n) is 5.37. The van der Waals surface area contributed by atoms with E-state index < -0.39 is 0 Å². The minimum atomic E-state index is -0.0106. The number of hydrogen-bond donors (Lipinski definition) is 1. The van der Waals surface area contributed by atoms with Gasteiger partial charge >= 0.3 is 0 Å². The van der Waals surface area contributed by atoms with Gasteiger partial charge in [0.2, 0.25) is 0 Å². The first-order chi connectivity index (χ1) is 8.13. The molecule has 0 amide bonds. The third-order valence-electron chi connectivity index (χ3n) is 2.49. The van der Waals surface area contributed by atoms with E-state index in [2.05, 4.69) is 37.0 Å². The number of hydrogen-bond acceptors (Lipinski definition) is 4. The van der Waals surface area contributed by atoms with Crippen molar-refractivity contribution >= 4 is 11.3 Å². The summed E-state index contributed by atoms with van der Waals surface area (Å²) in [7, 11) is 1.59. The zero-order chi connectivity index (χ0) is 12.4. The number of aryl methyl sites for hydroxylation is 2. The van der Waals surface area contributed by atoms with E-state index in [9.17, 15) is 5.11 Å². The smallest absolute Gasteiger partial charge is 0.273 e. The Hall–Kier alpha value is -1.39. The molecule has 0 saturated carbocycles. The Labute approximate surface area is 105 Å². The minimum Gasteiger partial charge on any atom is -0.473 e. The number of benzene rings is 1. The average molecular weight is 249 g/mol. The SMILES string of the molecule is COc1nc(-c2cc(C)cc(C)c2)c(CO)s1. The topological polar surface area (TPSA) is 42.4 Å². The number of nitrogens with zero attached hydrogens (tertiary/aromatic N) is 1. The van der Waals surface area contributed by atoms with Gasteiger partial charge in [0.1, 0.15) is 0 Å². The van der Waals surface area contributed by atoms with Crippen LogP contribution in [0.1, 0.15) is 16.0 Å². The highest BCUT2D eigenvalue weighted by Gasteiger charge is 2.13. The number of thiazole rings is 1. The van der Waals surface area contributed by atoms with Gasteiger partial charge in [0.15, 0.2) is 0 Å². The van der Waals surface area contributed by atoms with Crippen molar-refractivity contribution in [3.8, 4) is 16.5 Å². The Balaban J connectivity index is 2.54. The lowest BCUT2D eigenvalue weighted by Crippen LogP contribution is -1.88. The summed E-state index contributed by atoms with van der Waals surface area (Å²) in [4.78, 5) is 5.23. The molecule has 2 rings (SSSR count). The first-order valence-corrected chi connectivity index (χ1v) is 6.19. The Morgan fingerprint density at radius 2 is 1.88 bits per heavy atom. The molecule has 0 atom stereocenters. The second kappa shape index (κ2) is 4.85. The normalized spacial score (nSPS) is 10.6. The average Bonchev–Trinajstić information content (AvgIpc) is 2.70. The molecule has 0 saturated heterocycles. The maximum atomic E-state index is 9.34. The van der Waals surface area contributed by atoms with Crippen molar-refractivity contribution in [2.24, 2.45) is 0 Å². The van der Waals surface area contributed by atoms with Gasteiger partial charge < -0.3 is 9.84 Å². The Morgan fingerprint density at radius 1 is 1.24 bits per heavy atom. The summed E-state index contributed by atoms with van der Waals surface area (Å²) in [5.41, 5.74) is 4.24. The second-order valence-electron chi connectivity index (χ2n) is 3.99. The van der Waals surface area contributed by atoms with E-state index in [0.29, 0.717) is 5.19 Å². The highest BCUT2D eigenvalue weighted by molar-refractivity contribution is 7.13. The molecular weight excluding hydrogens is 234 g/mol. The van der Waals surface area contributed by atoms with Crippen LogP contribution in [0.3, 0.4) is 0 Å². The lowest BCUT2D eigenvalue weighted by Gasteiger charge is -2.03. The molecule has 1 heterocycles. The lowest BCUT2D eigenvalue weighted by atomic mass is 10.0. The molecule has 2 aromatic rings. The van der Waals surface area contributed by atoms with Gasteiger partial charge in [0, 0.05) is 5.56 Å². The molecule has 1 aromatic carbocycles. The molecular formula is C13H15NO2S. The molecule has 0 aliphatic heterocycles. The van der Waals surface area contributed by atoms with Crippen LogP contribution in [0.25, 0.3) is 11.3 Å². The molecule has 0 fully saturated rings. The molecule has 0 aliphatic carbocycles. The van der Waals surface area contributed by atoms with Crippen molar-refractivity contribution in [2.45, 2.75) is 20.5 Å². The molecule has 1 aromatic heterocycles. The van der Waals surface area contributed by atoms with Gasteiger partial charge in [-0.15, -0.1) is 0 Å². The fourth-order valence-electron chi connectivity index (χ4n) is 1.86. The van der Waals surface area contributed by atoms with Crippen LogP contribution in [0.2, 0.25) is 0 Å². The lowest BCUT2D eigenvalue weighted by molar-refractivity contribution is 0.286. The molecule has 1 N–H and O–H groups in total. The maximum Gasteiger partial charge on any atom is 0.273 e. The summed E-state index contributed by atoms with van der Waals surface area (Å²) in [6.45, 7) is 4.10. The fraction of sp³-hybridized carbons (Fsp3) is 0.308. The number of aromatic nitrogens is 1.